The van der Waals surface area contributed by atoms with Crippen LogP contribution in [0.5, 0.6) is 0 Å². The number of anilines is 2. The Bertz CT molecular complexity index is 661. The average molecular weight is 339 g/mol. The monoisotopic (exact) mass is 339 g/mol. The van der Waals surface area contributed by atoms with E-state index in [4.69, 9.17) is 0 Å². The predicted octanol–water partition coefficient (Wildman–Crippen LogP) is 4.63. The number of carbonyl (C=O) groups excluding carboxylic acids is 1. The lowest BCUT2D eigenvalue weighted by molar-refractivity contribution is 0.249. The summed E-state index contributed by atoms with van der Waals surface area (Å²) >= 11 is 0. The Labute approximate surface area is 151 Å². The van der Waals surface area contributed by atoms with Crippen molar-refractivity contribution in [2.24, 2.45) is 0 Å². The summed E-state index contributed by atoms with van der Waals surface area (Å²) in [5.41, 5.74) is 3.05. The van der Waals surface area contributed by atoms with Gasteiger partial charge in [0.2, 0.25) is 0 Å². The molecule has 0 aliphatic rings. The molecule has 25 heavy (non-hydrogen) atoms. The van der Waals surface area contributed by atoms with Crippen molar-refractivity contribution in [2.45, 2.75) is 33.1 Å². The molecule has 0 bridgehead atoms. The van der Waals surface area contributed by atoms with Crippen LogP contribution in [-0.4, -0.2) is 25.7 Å². The number of nitrogens with one attached hydrogen (secondary N) is 2. The predicted molar refractivity (Wildman–Crippen MR) is 106 cm³/mol. The first-order chi connectivity index (χ1) is 12.0. The van der Waals surface area contributed by atoms with Crippen molar-refractivity contribution in [1.29, 1.82) is 0 Å². The number of carbonyl (C=O) groups is 1. The summed E-state index contributed by atoms with van der Waals surface area (Å²) < 4.78 is 0. The molecule has 2 rings (SSSR count). The molecule has 2 aromatic carbocycles. The van der Waals surface area contributed by atoms with Crippen LogP contribution in [-0.2, 0) is 5.41 Å². The Balaban J connectivity index is 1.90. The molecule has 0 atom stereocenters. The van der Waals surface area contributed by atoms with Gasteiger partial charge in [0.05, 0.1) is 0 Å². The first-order valence-electron chi connectivity index (χ1n) is 8.91. The van der Waals surface area contributed by atoms with Crippen LogP contribution in [0.25, 0.3) is 0 Å². The van der Waals surface area contributed by atoms with E-state index in [9.17, 15) is 4.79 Å². The van der Waals surface area contributed by atoms with Crippen molar-refractivity contribution < 1.29 is 4.79 Å². The van der Waals surface area contributed by atoms with E-state index in [1.807, 2.05) is 42.5 Å². The minimum Gasteiger partial charge on any atom is -0.372 e. The van der Waals surface area contributed by atoms with Gasteiger partial charge in [-0.25, -0.2) is 4.79 Å². The Kier molecular flexibility index (Phi) is 6.45. The quantitative estimate of drug-likeness (QED) is 0.772. The van der Waals surface area contributed by atoms with E-state index in [0.717, 1.165) is 18.8 Å². The highest BCUT2D eigenvalue weighted by Crippen LogP contribution is 2.22. The summed E-state index contributed by atoms with van der Waals surface area (Å²) in [5.74, 6) is 0. The maximum absolute atomic E-state index is 12.2. The van der Waals surface area contributed by atoms with Crippen molar-refractivity contribution in [3.8, 4) is 0 Å². The topological polar surface area (TPSA) is 44.4 Å². The van der Waals surface area contributed by atoms with E-state index in [-0.39, 0.29) is 11.4 Å². The normalized spacial score (nSPS) is 11.0. The van der Waals surface area contributed by atoms with Crippen LogP contribution >= 0.6 is 0 Å². The molecule has 0 saturated carbocycles. The van der Waals surface area contributed by atoms with Crippen molar-refractivity contribution in [1.82, 2.24) is 5.32 Å². The molecular formula is C21H29N3O. The first-order valence-corrected chi connectivity index (χ1v) is 8.91. The van der Waals surface area contributed by atoms with Crippen LogP contribution < -0.4 is 15.5 Å². The van der Waals surface area contributed by atoms with Crippen molar-refractivity contribution in [3.63, 3.8) is 0 Å². The third-order valence-electron chi connectivity index (χ3n) is 4.50. The summed E-state index contributed by atoms with van der Waals surface area (Å²) in [7, 11) is 0. The zero-order chi connectivity index (χ0) is 18.3. The van der Waals surface area contributed by atoms with Crippen LogP contribution in [0.3, 0.4) is 0 Å². The van der Waals surface area contributed by atoms with Gasteiger partial charge in [-0.2, -0.15) is 0 Å². The molecule has 0 spiro atoms. The van der Waals surface area contributed by atoms with Gasteiger partial charge in [0.15, 0.2) is 0 Å². The summed E-state index contributed by atoms with van der Waals surface area (Å²) in [6.07, 6.45) is 0. The van der Waals surface area contributed by atoms with Gasteiger partial charge in [-0.1, -0.05) is 44.2 Å². The van der Waals surface area contributed by atoms with E-state index in [2.05, 4.69) is 55.4 Å². The molecule has 0 aliphatic carbocycles. The van der Waals surface area contributed by atoms with Gasteiger partial charge in [-0.15, -0.1) is 0 Å². The van der Waals surface area contributed by atoms with Gasteiger partial charge in [0.1, 0.15) is 0 Å². The van der Waals surface area contributed by atoms with E-state index < -0.39 is 0 Å². The SMILES string of the molecule is CCN(CC)c1ccc(NC(=O)NCC(C)(C)c2ccccc2)cc1. The van der Waals surface area contributed by atoms with Crippen LogP contribution in [0.4, 0.5) is 16.2 Å². The first kappa shape index (κ1) is 18.8. The number of nitrogens with zero attached hydrogens (tertiary/aromatic N) is 1. The summed E-state index contributed by atoms with van der Waals surface area (Å²) in [6.45, 7) is 11.0. The maximum atomic E-state index is 12.2. The summed E-state index contributed by atoms with van der Waals surface area (Å²) in [4.78, 5) is 14.5. The van der Waals surface area contributed by atoms with Crippen LogP contribution in [0, 0.1) is 0 Å². The third-order valence-corrected chi connectivity index (χ3v) is 4.50. The van der Waals surface area contributed by atoms with E-state index in [0.29, 0.717) is 6.54 Å². The van der Waals surface area contributed by atoms with Crippen molar-refractivity contribution in [3.05, 3.63) is 60.2 Å². The van der Waals surface area contributed by atoms with Gasteiger partial charge in [-0.05, 0) is 43.7 Å². The number of benzene rings is 2. The zero-order valence-corrected chi connectivity index (χ0v) is 15.7. The Morgan fingerprint density at radius 1 is 0.960 bits per heavy atom. The van der Waals surface area contributed by atoms with Crippen LogP contribution in [0.1, 0.15) is 33.3 Å². The second kappa shape index (κ2) is 8.56. The molecule has 0 saturated heterocycles. The number of rotatable bonds is 7. The smallest absolute Gasteiger partial charge is 0.319 e. The van der Waals surface area contributed by atoms with E-state index >= 15 is 0 Å². The van der Waals surface area contributed by atoms with Gasteiger partial charge in [0, 0.05) is 36.4 Å². The second-order valence-corrected chi connectivity index (χ2v) is 6.78. The van der Waals surface area contributed by atoms with Crippen molar-refractivity contribution in [2.75, 3.05) is 29.9 Å². The molecular weight excluding hydrogens is 310 g/mol. The molecule has 0 heterocycles. The number of hydrogen-bond donors (Lipinski definition) is 2. The molecule has 0 aromatic heterocycles. The molecule has 0 radical (unpaired) electrons. The lowest BCUT2D eigenvalue weighted by Gasteiger charge is -2.25. The van der Waals surface area contributed by atoms with E-state index in [1.54, 1.807) is 0 Å². The second-order valence-electron chi connectivity index (χ2n) is 6.78. The molecule has 0 fully saturated rings. The standard InChI is InChI=1S/C21H29N3O/c1-5-24(6-2)19-14-12-18(13-15-19)23-20(25)22-16-21(3,4)17-10-8-7-9-11-17/h7-15H,5-6,16H2,1-4H3,(H2,22,23,25). The lowest BCUT2D eigenvalue weighted by atomic mass is 9.85. The third kappa shape index (κ3) is 5.24. The molecule has 2 N–H and O–H groups in total. The average Bonchev–Trinajstić information content (AvgIpc) is 2.63. The highest BCUT2D eigenvalue weighted by molar-refractivity contribution is 5.89. The molecule has 4 heteroatoms. The number of urea groups is 1. The summed E-state index contributed by atoms with van der Waals surface area (Å²) in [5, 5.41) is 5.87. The highest BCUT2D eigenvalue weighted by atomic mass is 16.2. The molecule has 2 amide bonds. The number of amides is 2. The fourth-order valence-electron chi connectivity index (χ4n) is 2.81. The van der Waals surface area contributed by atoms with Gasteiger partial charge in [-0.3, -0.25) is 0 Å². The molecule has 4 nitrogen and oxygen atoms in total. The molecule has 0 aliphatic heterocycles. The van der Waals surface area contributed by atoms with Crippen LogP contribution in [0.2, 0.25) is 0 Å². The van der Waals surface area contributed by atoms with E-state index in [1.165, 1.54) is 11.3 Å². The zero-order valence-electron chi connectivity index (χ0n) is 15.7. The van der Waals surface area contributed by atoms with Gasteiger partial charge < -0.3 is 15.5 Å². The fraction of sp³-hybridized carbons (Fsp3) is 0.381. The number of hydrogen-bond acceptors (Lipinski definition) is 2. The Morgan fingerprint density at radius 3 is 2.12 bits per heavy atom. The van der Waals surface area contributed by atoms with Crippen molar-refractivity contribution >= 4 is 17.4 Å². The minimum atomic E-state index is -0.181. The molecule has 134 valence electrons. The lowest BCUT2D eigenvalue weighted by Crippen LogP contribution is -2.38. The Morgan fingerprint density at radius 2 is 1.56 bits per heavy atom. The minimum absolute atomic E-state index is 0.120. The highest BCUT2D eigenvalue weighted by Gasteiger charge is 2.21. The maximum Gasteiger partial charge on any atom is 0.319 e. The van der Waals surface area contributed by atoms with Crippen LogP contribution in [0.15, 0.2) is 54.6 Å². The summed E-state index contributed by atoms with van der Waals surface area (Å²) in [6, 6.07) is 18.0. The Hall–Kier alpha value is -2.49. The molecule has 0 unspecified atom stereocenters. The van der Waals surface area contributed by atoms with Gasteiger partial charge in [0.25, 0.3) is 0 Å². The van der Waals surface area contributed by atoms with Gasteiger partial charge >= 0.3 is 6.03 Å². The molecule has 2 aromatic rings. The largest absolute Gasteiger partial charge is 0.372 e. The fourth-order valence-corrected chi connectivity index (χ4v) is 2.81.